The van der Waals surface area contributed by atoms with Crippen LogP contribution in [0.2, 0.25) is 0 Å². The first-order valence-corrected chi connectivity index (χ1v) is 7.07. The van der Waals surface area contributed by atoms with Crippen LogP contribution in [0.3, 0.4) is 0 Å². The van der Waals surface area contributed by atoms with Crippen molar-refractivity contribution < 1.29 is 27.4 Å². The topological polar surface area (TPSA) is 53.2 Å². The molecule has 1 aromatic heterocycles. The van der Waals surface area contributed by atoms with Crippen LogP contribution in [0.25, 0.3) is 17.3 Å². The Hall–Kier alpha value is -2.83. The second-order valence-corrected chi connectivity index (χ2v) is 4.84. The van der Waals surface area contributed by atoms with Crippen LogP contribution in [0.1, 0.15) is 18.1 Å². The summed E-state index contributed by atoms with van der Waals surface area (Å²) >= 11 is 0. The maximum Gasteiger partial charge on any atom is 0.416 e. The average Bonchev–Trinajstić information content (AvgIpc) is 2.52. The van der Waals surface area contributed by atoms with E-state index in [0.29, 0.717) is 10.3 Å². The third-order valence-electron chi connectivity index (χ3n) is 3.12. The lowest BCUT2D eigenvalue weighted by Crippen LogP contribution is -2.29. The largest absolute Gasteiger partial charge is 0.618 e. The first-order valence-electron chi connectivity index (χ1n) is 7.07. The quantitative estimate of drug-likeness (QED) is 0.371. The van der Waals surface area contributed by atoms with Crippen LogP contribution in [0, 0.1) is 5.21 Å². The summed E-state index contributed by atoms with van der Waals surface area (Å²) in [4.78, 5) is 11.2. The molecular weight excluding hydrogens is 323 g/mol. The summed E-state index contributed by atoms with van der Waals surface area (Å²) in [5.74, 6) is -0.545. The number of benzene rings is 1. The summed E-state index contributed by atoms with van der Waals surface area (Å²) in [5, 5.41) is 12.1. The molecule has 0 radical (unpaired) electrons. The third-order valence-corrected chi connectivity index (χ3v) is 3.12. The van der Waals surface area contributed by atoms with Crippen LogP contribution in [-0.4, -0.2) is 12.6 Å². The van der Waals surface area contributed by atoms with Crippen molar-refractivity contribution in [1.29, 1.82) is 0 Å². The smallest absolute Gasteiger partial charge is 0.416 e. The van der Waals surface area contributed by atoms with Gasteiger partial charge in [0.25, 0.3) is 0 Å². The molecule has 1 aromatic carbocycles. The normalized spacial score (nSPS) is 11.7. The van der Waals surface area contributed by atoms with E-state index in [0.717, 1.165) is 12.1 Å². The Morgan fingerprint density at radius 3 is 2.67 bits per heavy atom. The van der Waals surface area contributed by atoms with E-state index < -0.39 is 17.7 Å². The van der Waals surface area contributed by atoms with Crippen molar-refractivity contribution in [2.24, 2.45) is 0 Å². The highest BCUT2D eigenvalue weighted by Gasteiger charge is 2.31. The zero-order chi connectivity index (χ0) is 17.7. The van der Waals surface area contributed by atoms with Gasteiger partial charge in [0.05, 0.1) is 12.2 Å². The molecule has 0 amide bonds. The van der Waals surface area contributed by atoms with Gasteiger partial charge < -0.3 is 9.94 Å². The molecule has 126 valence electrons. The average molecular weight is 337 g/mol. The minimum Gasteiger partial charge on any atom is -0.618 e. The first kappa shape index (κ1) is 17.5. The zero-order valence-electron chi connectivity index (χ0n) is 12.7. The second kappa shape index (κ2) is 7.16. The summed E-state index contributed by atoms with van der Waals surface area (Å²) in [5.41, 5.74) is -0.171. The SMILES string of the molecule is CCOC(=O)C=Cc1ccc(-c2cccc(C(F)(F)F)c2)[n+]([O-])c1. The Morgan fingerprint density at radius 2 is 2.04 bits per heavy atom. The minimum absolute atomic E-state index is 0.0781. The van der Waals surface area contributed by atoms with Crippen LogP contribution in [0.15, 0.2) is 48.7 Å². The van der Waals surface area contributed by atoms with E-state index in [9.17, 15) is 23.2 Å². The van der Waals surface area contributed by atoms with E-state index in [4.69, 9.17) is 4.74 Å². The molecule has 2 aromatic rings. The third kappa shape index (κ3) is 4.34. The van der Waals surface area contributed by atoms with Gasteiger partial charge in [0.15, 0.2) is 6.20 Å². The second-order valence-electron chi connectivity index (χ2n) is 4.84. The number of nitrogens with zero attached hydrogens (tertiary/aromatic N) is 1. The Morgan fingerprint density at radius 1 is 1.29 bits per heavy atom. The number of carbonyl (C=O) groups excluding carboxylic acids is 1. The number of ether oxygens (including phenoxy) is 1. The van der Waals surface area contributed by atoms with Crippen molar-refractivity contribution >= 4 is 12.0 Å². The van der Waals surface area contributed by atoms with Crippen molar-refractivity contribution in [3.8, 4) is 11.3 Å². The van der Waals surface area contributed by atoms with Gasteiger partial charge in [0, 0.05) is 23.3 Å². The van der Waals surface area contributed by atoms with Crippen molar-refractivity contribution in [2.75, 3.05) is 6.61 Å². The highest BCUT2D eigenvalue weighted by Crippen LogP contribution is 2.31. The molecule has 0 bridgehead atoms. The molecule has 0 saturated heterocycles. The molecule has 0 aliphatic carbocycles. The Kier molecular flexibility index (Phi) is 5.23. The molecule has 0 aliphatic rings. The molecule has 0 aliphatic heterocycles. The fourth-order valence-electron chi connectivity index (χ4n) is 2.03. The summed E-state index contributed by atoms with van der Waals surface area (Å²) in [6.45, 7) is 1.90. The summed E-state index contributed by atoms with van der Waals surface area (Å²) in [7, 11) is 0. The number of rotatable bonds is 4. The highest BCUT2D eigenvalue weighted by molar-refractivity contribution is 5.86. The van der Waals surface area contributed by atoms with Crippen LogP contribution in [0.4, 0.5) is 13.2 Å². The monoisotopic (exact) mass is 337 g/mol. The highest BCUT2D eigenvalue weighted by atomic mass is 19.4. The number of hydrogen-bond acceptors (Lipinski definition) is 3. The number of aromatic nitrogens is 1. The number of carbonyl (C=O) groups is 1. The van der Waals surface area contributed by atoms with Gasteiger partial charge in [-0.2, -0.15) is 17.9 Å². The number of esters is 1. The van der Waals surface area contributed by atoms with Crippen molar-refractivity contribution in [3.05, 3.63) is 65.0 Å². The van der Waals surface area contributed by atoms with Gasteiger partial charge in [-0.25, -0.2) is 4.79 Å². The van der Waals surface area contributed by atoms with Crippen LogP contribution in [0.5, 0.6) is 0 Å². The number of alkyl halides is 3. The number of halogens is 3. The lowest BCUT2D eigenvalue weighted by Gasteiger charge is -2.09. The van der Waals surface area contributed by atoms with Gasteiger partial charge in [0.1, 0.15) is 0 Å². The summed E-state index contributed by atoms with van der Waals surface area (Å²) in [6.07, 6.45) is -0.748. The minimum atomic E-state index is -4.48. The van der Waals surface area contributed by atoms with Crippen molar-refractivity contribution in [2.45, 2.75) is 13.1 Å². The Balaban J connectivity index is 2.29. The lowest BCUT2D eigenvalue weighted by molar-refractivity contribution is -0.593. The van der Waals surface area contributed by atoms with E-state index in [1.54, 1.807) is 6.92 Å². The van der Waals surface area contributed by atoms with Crippen LogP contribution < -0.4 is 4.73 Å². The molecule has 0 unspecified atom stereocenters. The first-order chi connectivity index (χ1) is 11.3. The van der Waals surface area contributed by atoms with E-state index in [2.05, 4.69) is 0 Å². The molecular formula is C17H14F3NO3. The maximum absolute atomic E-state index is 12.7. The molecule has 7 heteroatoms. The molecule has 24 heavy (non-hydrogen) atoms. The fraction of sp³-hybridized carbons (Fsp3) is 0.176. The number of hydrogen-bond donors (Lipinski definition) is 0. The van der Waals surface area contributed by atoms with Gasteiger partial charge in [0.2, 0.25) is 5.69 Å². The molecule has 4 nitrogen and oxygen atoms in total. The predicted molar refractivity (Wildman–Crippen MR) is 81.5 cm³/mol. The molecule has 2 rings (SSSR count). The van der Waals surface area contributed by atoms with Gasteiger partial charge in [-0.05, 0) is 37.3 Å². The van der Waals surface area contributed by atoms with E-state index in [1.807, 2.05) is 0 Å². The Bertz CT molecular complexity index is 770. The van der Waals surface area contributed by atoms with E-state index >= 15 is 0 Å². The standard InChI is InChI=1S/C17H14F3NO3/c1-2-24-16(22)9-7-12-6-8-15(21(23)11-12)13-4-3-5-14(10-13)17(18,19)20/h3-11H,2H2,1H3. The van der Waals surface area contributed by atoms with E-state index in [1.165, 1.54) is 42.6 Å². The molecule has 0 fully saturated rings. The molecule has 1 heterocycles. The van der Waals surface area contributed by atoms with Crippen LogP contribution in [-0.2, 0) is 15.7 Å². The summed E-state index contributed by atoms with van der Waals surface area (Å²) in [6, 6.07) is 7.44. The van der Waals surface area contributed by atoms with Crippen LogP contribution >= 0.6 is 0 Å². The number of pyridine rings is 1. The maximum atomic E-state index is 12.7. The van der Waals surface area contributed by atoms with Crippen molar-refractivity contribution in [1.82, 2.24) is 0 Å². The lowest BCUT2D eigenvalue weighted by atomic mass is 10.1. The molecule has 0 spiro atoms. The molecule has 0 N–H and O–H groups in total. The molecule has 0 saturated carbocycles. The predicted octanol–water partition coefficient (Wildman–Crippen LogP) is 3.58. The van der Waals surface area contributed by atoms with Gasteiger partial charge in [-0.3, -0.25) is 0 Å². The van der Waals surface area contributed by atoms with Gasteiger partial charge in [-0.15, -0.1) is 0 Å². The molecule has 0 atom stereocenters. The van der Waals surface area contributed by atoms with Gasteiger partial charge in [-0.1, -0.05) is 6.07 Å². The van der Waals surface area contributed by atoms with Gasteiger partial charge >= 0.3 is 12.1 Å². The van der Waals surface area contributed by atoms with Crippen molar-refractivity contribution in [3.63, 3.8) is 0 Å². The zero-order valence-corrected chi connectivity index (χ0v) is 12.7. The Labute approximate surface area is 136 Å². The fourth-order valence-corrected chi connectivity index (χ4v) is 2.03. The summed E-state index contributed by atoms with van der Waals surface area (Å²) < 4.78 is 43.4. The van der Waals surface area contributed by atoms with E-state index in [-0.39, 0.29) is 17.9 Å².